The summed E-state index contributed by atoms with van der Waals surface area (Å²) >= 11 is 1.18. The van der Waals surface area contributed by atoms with Crippen LogP contribution in [0.2, 0.25) is 0 Å². The largest absolute Gasteiger partial charge is 0.387 e. The summed E-state index contributed by atoms with van der Waals surface area (Å²) in [5.41, 5.74) is 0.694. The van der Waals surface area contributed by atoms with E-state index in [0.717, 1.165) is 12.8 Å². The lowest BCUT2D eigenvalue weighted by Crippen LogP contribution is -2.42. The predicted octanol–water partition coefficient (Wildman–Crippen LogP) is 2.22. The lowest BCUT2D eigenvalue weighted by molar-refractivity contribution is 0.0652. The van der Waals surface area contributed by atoms with Crippen molar-refractivity contribution in [1.29, 1.82) is 0 Å². The number of likely N-dealkylation sites (tertiary alicyclic amines) is 1. The van der Waals surface area contributed by atoms with E-state index in [9.17, 15) is 9.90 Å². The SMILES string of the molecule is Cc1nsc(NC(=O)N2CCC(C(O)c3ccccn3)CC2)n1. The van der Waals surface area contributed by atoms with Gasteiger partial charge in [-0.3, -0.25) is 10.3 Å². The summed E-state index contributed by atoms with van der Waals surface area (Å²) in [6.07, 6.45) is 2.61. The van der Waals surface area contributed by atoms with Crippen LogP contribution in [-0.4, -0.2) is 43.5 Å². The molecule has 8 heteroatoms. The minimum atomic E-state index is -0.577. The zero-order valence-corrected chi connectivity index (χ0v) is 13.7. The summed E-state index contributed by atoms with van der Waals surface area (Å²) in [4.78, 5) is 22.3. The standard InChI is InChI=1S/C15H19N5O2S/c1-10-17-14(23-19-10)18-15(22)20-8-5-11(6-9-20)13(21)12-4-2-3-7-16-12/h2-4,7,11,13,21H,5-6,8-9H2,1H3,(H,17,18,19,22). The van der Waals surface area contributed by atoms with E-state index in [-0.39, 0.29) is 11.9 Å². The first kappa shape index (κ1) is 15.8. The number of rotatable bonds is 3. The number of carbonyl (C=O) groups is 1. The van der Waals surface area contributed by atoms with Crippen molar-refractivity contribution in [2.24, 2.45) is 5.92 Å². The number of urea groups is 1. The number of aliphatic hydroxyl groups excluding tert-OH is 1. The number of nitrogens with one attached hydrogen (secondary N) is 1. The number of aromatic nitrogens is 3. The van der Waals surface area contributed by atoms with Crippen molar-refractivity contribution in [1.82, 2.24) is 19.2 Å². The molecule has 0 radical (unpaired) electrons. The van der Waals surface area contributed by atoms with Crippen LogP contribution >= 0.6 is 11.5 Å². The van der Waals surface area contributed by atoms with Gasteiger partial charge in [-0.1, -0.05) is 6.07 Å². The van der Waals surface area contributed by atoms with Gasteiger partial charge in [0.2, 0.25) is 5.13 Å². The van der Waals surface area contributed by atoms with E-state index in [0.29, 0.717) is 29.7 Å². The van der Waals surface area contributed by atoms with E-state index >= 15 is 0 Å². The smallest absolute Gasteiger partial charge is 0.323 e. The molecule has 2 amide bonds. The molecule has 122 valence electrons. The van der Waals surface area contributed by atoms with Gasteiger partial charge in [0.1, 0.15) is 5.82 Å². The number of pyridine rings is 1. The summed E-state index contributed by atoms with van der Waals surface area (Å²) in [6.45, 7) is 3.01. The highest BCUT2D eigenvalue weighted by Gasteiger charge is 2.29. The van der Waals surface area contributed by atoms with Gasteiger partial charge in [0.05, 0.1) is 11.8 Å². The maximum Gasteiger partial charge on any atom is 0.323 e. The molecule has 0 bridgehead atoms. The number of aliphatic hydroxyl groups is 1. The summed E-state index contributed by atoms with van der Waals surface area (Å²) in [6, 6.07) is 5.38. The van der Waals surface area contributed by atoms with Gasteiger partial charge in [-0.15, -0.1) is 0 Å². The van der Waals surface area contributed by atoms with Crippen LogP contribution in [0.5, 0.6) is 0 Å². The molecule has 1 aliphatic heterocycles. The highest BCUT2D eigenvalue weighted by atomic mass is 32.1. The van der Waals surface area contributed by atoms with Gasteiger partial charge >= 0.3 is 6.03 Å². The first-order valence-corrected chi connectivity index (χ1v) is 8.36. The summed E-state index contributed by atoms with van der Waals surface area (Å²) in [5.74, 6) is 0.778. The molecule has 0 saturated carbocycles. The van der Waals surface area contributed by atoms with Gasteiger partial charge in [-0.25, -0.2) is 9.78 Å². The molecule has 1 unspecified atom stereocenters. The van der Waals surface area contributed by atoms with Gasteiger partial charge in [-0.2, -0.15) is 4.37 Å². The van der Waals surface area contributed by atoms with Crippen molar-refractivity contribution in [3.05, 3.63) is 35.9 Å². The van der Waals surface area contributed by atoms with Gasteiger partial charge in [0, 0.05) is 30.8 Å². The van der Waals surface area contributed by atoms with Crippen LogP contribution in [0.4, 0.5) is 9.93 Å². The molecule has 1 atom stereocenters. The fraction of sp³-hybridized carbons (Fsp3) is 0.467. The Labute approximate surface area is 138 Å². The molecule has 0 aliphatic carbocycles. The second-order valence-corrected chi connectivity index (χ2v) is 6.35. The molecule has 23 heavy (non-hydrogen) atoms. The van der Waals surface area contributed by atoms with Gasteiger partial charge < -0.3 is 10.0 Å². The third kappa shape index (κ3) is 3.83. The quantitative estimate of drug-likeness (QED) is 0.898. The van der Waals surface area contributed by atoms with E-state index < -0.39 is 6.10 Å². The molecule has 0 aromatic carbocycles. The number of piperidine rings is 1. The lowest BCUT2D eigenvalue weighted by atomic mass is 9.89. The maximum atomic E-state index is 12.2. The number of carbonyl (C=O) groups excluding carboxylic acids is 1. The van der Waals surface area contributed by atoms with E-state index in [1.54, 1.807) is 18.0 Å². The topological polar surface area (TPSA) is 91.2 Å². The lowest BCUT2D eigenvalue weighted by Gasteiger charge is -2.33. The second kappa shape index (κ2) is 7.01. The molecule has 1 saturated heterocycles. The van der Waals surface area contributed by atoms with Gasteiger partial charge in [0.15, 0.2) is 0 Å². The van der Waals surface area contributed by atoms with E-state index in [1.165, 1.54) is 11.5 Å². The zero-order chi connectivity index (χ0) is 16.2. The Balaban J connectivity index is 1.53. The van der Waals surface area contributed by atoms with E-state index in [1.807, 2.05) is 18.2 Å². The van der Waals surface area contributed by atoms with Crippen LogP contribution in [0.15, 0.2) is 24.4 Å². The molecule has 2 aromatic rings. The molecule has 3 heterocycles. The van der Waals surface area contributed by atoms with Crippen molar-refractivity contribution in [3.8, 4) is 0 Å². The molecular formula is C15H19N5O2S. The Kier molecular flexibility index (Phi) is 4.82. The molecular weight excluding hydrogens is 314 g/mol. The Bertz CT molecular complexity index is 655. The third-order valence-electron chi connectivity index (χ3n) is 4.01. The van der Waals surface area contributed by atoms with Crippen molar-refractivity contribution < 1.29 is 9.90 Å². The van der Waals surface area contributed by atoms with Crippen molar-refractivity contribution in [2.45, 2.75) is 25.9 Å². The minimum Gasteiger partial charge on any atom is -0.387 e. The fourth-order valence-electron chi connectivity index (χ4n) is 2.73. The number of hydrogen-bond donors (Lipinski definition) is 2. The van der Waals surface area contributed by atoms with Crippen molar-refractivity contribution >= 4 is 22.7 Å². The molecule has 1 aliphatic rings. The minimum absolute atomic E-state index is 0.123. The molecule has 2 aromatic heterocycles. The summed E-state index contributed by atoms with van der Waals surface area (Å²) in [5, 5.41) is 13.7. The predicted molar refractivity (Wildman–Crippen MR) is 87.2 cm³/mol. The number of hydrogen-bond acceptors (Lipinski definition) is 6. The zero-order valence-electron chi connectivity index (χ0n) is 12.8. The highest BCUT2D eigenvalue weighted by molar-refractivity contribution is 7.09. The van der Waals surface area contributed by atoms with Crippen LogP contribution in [0.25, 0.3) is 0 Å². The first-order chi connectivity index (χ1) is 11.1. The average molecular weight is 333 g/mol. The van der Waals surface area contributed by atoms with Crippen LogP contribution in [0.1, 0.15) is 30.5 Å². The van der Waals surface area contributed by atoms with Crippen LogP contribution in [0.3, 0.4) is 0 Å². The van der Waals surface area contributed by atoms with Gasteiger partial charge in [0.25, 0.3) is 0 Å². The Morgan fingerprint density at radius 1 is 1.43 bits per heavy atom. The van der Waals surface area contributed by atoms with Crippen LogP contribution in [0, 0.1) is 12.8 Å². The van der Waals surface area contributed by atoms with Gasteiger partial charge in [-0.05, 0) is 37.8 Å². The normalized spacial score (nSPS) is 17.0. The van der Waals surface area contributed by atoms with Crippen molar-refractivity contribution in [2.75, 3.05) is 18.4 Å². The Morgan fingerprint density at radius 3 is 2.83 bits per heavy atom. The summed E-state index contributed by atoms with van der Waals surface area (Å²) in [7, 11) is 0. The average Bonchev–Trinajstić information content (AvgIpc) is 3.00. The second-order valence-electron chi connectivity index (χ2n) is 5.60. The Hall–Kier alpha value is -2.06. The van der Waals surface area contributed by atoms with Crippen LogP contribution in [-0.2, 0) is 0 Å². The highest BCUT2D eigenvalue weighted by Crippen LogP contribution is 2.29. The monoisotopic (exact) mass is 333 g/mol. The van der Waals surface area contributed by atoms with E-state index in [2.05, 4.69) is 19.7 Å². The molecule has 1 fully saturated rings. The third-order valence-corrected chi connectivity index (χ3v) is 4.73. The maximum absolute atomic E-state index is 12.2. The number of anilines is 1. The number of aryl methyl sites for hydroxylation is 1. The molecule has 3 rings (SSSR count). The molecule has 2 N–H and O–H groups in total. The van der Waals surface area contributed by atoms with Crippen molar-refractivity contribution in [3.63, 3.8) is 0 Å². The molecule has 7 nitrogen and oxygen atoms in total. The summed E-state index contributed by atoms with van der Waals surface area (Å²) < 4.78 is 4.04. The van der Waals surface area contributed by atoms with Crippen LogP contribution < -0.4 is 5.32 Å². The number of nitrogens with zero attached hydrogens (tertiary/aromatic N) is 4. The van der Waals surface area contributed by atoms with E-state index in [4.69, 9.17) is 0 Å². The fourth-order valence-corrected chi connectivity index (χ4v) is 3.29. The first-order valence-electron chi connectivity index (χ1n) is 7.58. The number of amides is 2. The molecule has 0 spiro atoms. The Morgan fingerprint density at radius 2 is 2.22 bits per heavy atom.